The van der Waals surface area contributed by atoms with E-state index < -0.39 is 12.5 Å². The molecule has 0 aromatic rings. The molecule has 0 unspecified atom stereocenters. The average molecular weight is 438 g/mol. The van der Waals surface area contributed by atoms with Gasteiger partial charge in [-0.2, -0.15) is 0 Å². The minimum atomic E-state index is -3.89. The van der Waals surface area contributed by atoms with Gasteiger partial charge in [0.25, 0.3) is 0 Å². The van der Waals surface area contributed by atoms with Gasteiger partial charge in [0.15, 0.2) is 0 Å². The van der Waals surface area contributed by atoms with Crippen LogP contribution in [0, 0.1) is 10.1 Å². The summed E-state index contributed by atoms with van der Waals surface area (Å²) in [7, 11) is -3.89. The monoisotopic (exact) mass is 437 g/mol. The summed E-state index contributed by atoms with van der Waals surface area (Å²) >= 11 is 0. The van der Waals surface area contributed by atoms with Crippen LogP contribution >= 0.6 is 7.43 Å². The molecule has 0 aromatic heterocycles. The van der Waals surface area contributed by atoms with Crippen LogP contribution in [0.5, 0.6) is 0 Å². The van der Waals surface area contributed by atoms with Gasteiger partial charge in [-0.05, 0) is 0 Å². The zero-order valence-electron chi connectivity index (χ0n) is 20.4. The molecule has 8 nitrogen and oxygen atoms in total. The third-order valence-corrected chi connectivity index (χ3v) is 12.4. The molecular formula is C20H48N5O3P. The first-order valence-electron chi connectivity index (χ1n) is 11.7. The summed E-state index contributed by atoms with van der Waals surface area (Å²) in [6.07, 6.45) is 4.07. The van der Waals surface area contributed by atoms with Crippen LogP contribution in [0.25, 0.3) is 0 Å². The first-order chi connectivity index (χ1) is 13.8. The van der Waals surface area contributed by atoms with Gasteiger partial charge in [0.1, 0.15) is 0 Å². The van der Waals surface area contributed by atoms with Crippen molar-refractivity contribution in [1.29, 1.82) is 0 Å². The minimum absolute atomic E-state index is 0.516. The standard InChI is InChI=1S/C20H48N5O3P/c1-9-17-19-24(20-18-10-2)29(28-25(26)27,21(11-3)12-4,22(13-5)14-6)23(15-7)16-8/h9-20H2,1-8H3. The fourth-order valence-electron chi connectivity index (χ4n) is 4.70. The van der Waals surface area contributed by atoms with Crippen LogP contribution in [0.4, 0.5) is 0 Å². The number of hydrogen-bond donors (Lipinski definition) is 0. The first kappa shape index (κ1) is 28.5. The maximum atomic E-state index is 12.2. The van der Waals surface area contributed by atoms with E-state index in [0.29, 0.717) is 39.3 Å². The van der Waals surface area contributed by atoms with E-state index in [0.717, 1.165) is 38.8 Å². The molecule has 0 N–H and O–H groups in total. The molecule has 0 aliphatic carbocycles. The number of unbranched alkanes of at least 4 members (excludes halogenated alkanes) is 2. The van der Waals surface area contributed by atoms with Crippen molar-refractivity contribution >= 4 is 7.43 Å². The molecule has 0 rings (SSSR count). The Morgan fingerprint density at radius 2 is 0.966 bits per heavy atom. The Bertz CT molecular complexity index is 415. The molecule has 0 aromatic carbocycles. The Morgan fingerprint density at radius 1 is 0.655 bits per heavy atom. The van der Waals surface area contributed by atoms with Crippen molar-refractivity contribution in [2.75, 3.05) is 52.4 Å². The van der Waals surface area contributed by atoms with Crippen molar-refractivity contribution in [3.8, 4) is 0 Å². The Balaban J connectivity index is 7.34. The van der Waals surface area contributed by atoms with Gasteiger partial charge in [0.2, 0.25) is 0 Å². The molecule has 0 radical (unpaired) electrons. The van der Waals surface area contributed by atoms with Gasteiger partial charge < -0.3 is 0 Å². The summed E-state index contributed by atoms with van der Waals surface area (Å²) in [4.78, 5) is 12.2. The van der Waals surface area contributed by atoms with Crippen LogP contribution < -0.4 is 0 Å². The van der Waals surface area contributed by atoms with Gasteiger partial charge in [-0.25, -0.2) is 0 Å². The fourth-order valence-corrected chi connectivity index (χ4v) is 11.4. The van der Waals surface area contributed by atoms with E-state index >= 15 is 0 Å². The number of nitrogens with zero attached hydrogens (tertiary/aromatic N) is 5. The summed E-state index contributed by atoms with van der Waals surface area (Å²) in [5.74, 6) is 0. The normalized spacial score (nSPS) is 14.0. The predicted molar refractivity (Wildman–Crippen MR) is 125 cm³/mol. The van der Waals surface area contributed by atoms with Crippen molar-refractivity contribution < 1.29 is 9.71 Å². The van der Waals surface area contributed by atoms with E-state index in [1.807, 2.05) is 0 Å². The fraction of sp³-hybridized carbons (Fsp3) is 1.00. The molecule has 29 heavy (non-hydrogen) atoms. The van der Waals surface area contributed by atoms with Gasteiger partial charge in [0.05, 0.1) is 0 Å². The van der Waals surface area contributed by atoms with Crippen LogP contribution in [-0.4, -0.2) is 76.1 Å². The van der Waals surface area contributed by atoms with E-state index in [2.05, 4.69) is 74.1 Å². The SMILES string of the molecule is CCCCN(CCCC)P(O[N+](=O)[O-])(N(CC)CC)(N(CC)CC)N(CC)CC. The molecule has 0 aliphatic heterocycles. The van der Waals surface area contributed by atoms with Gasteiger partial charge in [-0.1, -0.05) is 0 Å². The topological polar surface area (TPSA) is 65.3 Å². The van der Waals surface area contributed by atoms with Crippen LogP contribution in [-0.2, 0) is 4.62 Å². The van der Waals surface area contributed by atoms with Gasteiger partial charge in [0, 0.05) is 0 Å². The summed E-state index contributed by atoms with van der Waals surface area (Å²) in [5, 5.41) is 11.7. The molecule has 9 heteroatoms. The molecule has 0 fully saturated rings. The maximum absolute atomic E-state index is 12.2. The van der Waals surface area contributed by atoms with Crippen LogP contribution in [0.15, 0.2) is 0 Å². The summed E-state index contributed by atoms with van der Waals surface area (Å²) in [6.45, 7) is 22.7. The molecular weight excluding hydrogens is 389 g/mol. The zero-order valence-corrected chi connectivity index (χ0v) is 21.3. The molecule has 0 atom stereocenters. The number of rotatable bonds is 18. The summed E-state index contributed by atoms with van der Waals surface area (Å²) in [6, 6.07) is 0. The van der Waals surface area contributed by atoms with E-state index in [4.69, 9.17) is 4.62 Å². The van der Waals surface area contributed by atoms with Gasteiger partial charge in [-0.3, -0.25) is 0 Å². The van der Waals surface area contributed by atoms with Crippen molar-refractivity contribution in [2.24, 2.45) is 0 Å². The van der Waals surface area contributed by atoms with E-state index in [1.165, 1.54) is 0 Å². The second kappa shape index (κ2) is 13.7. The summed E-state index contributed by atoms with van der Waals surface area (Å²) < 4.78 is 15.4. The predicted octanol–water partition coefficient (Wildman–Crippen LogP) is 5.25. The number of hydrogen-bond acceptors (Lipinski definition) is 7. The van der Waals surface area contributed by atoms with Crippen LogP contribution in [0.3, 0.4) is 0 Å². The Hall–Kier alpha value is -0.530. The van der Waals surface area contributed by atoms with Crippen molar-refractivity contribution in [3.63, 3.8) is 0 Å². The van der Waals surface area contributed by atoms with E-state index in [1.54, 1.807) is 0 Å². The van der Waals surface area contributed by atoms with Crippen LogP contribution in [0.1, 0.15) is 81.1 Å². The average Bonchev–Trinajstić information content (AvgIpc) is 2.70. The summed E-state index contributed by atoms with van der Waals surface area (Å²) in [5.41, 5.74) is 0. The third kappa shape index (κ3) is 5.40. The molecule has 0 amide bonds. The van der Waals surface area contributed by atoms with E-state index in [9.17, 15) is 10.1 Å². The van der Waals surface area contributed by atoms with Crippen molar-refractivity contribution in [2.45, 2.75) is 81.1 Å². The quantitative estimate of drug-likeness (QED) is 0.165. The Labute approximate surface area is 179 Å². The second-order valence-electron chi connectivity index (χ2n) is 7.25. The molecule has 0 spiro atoms. The molecule has 0 saturated carbocycles. The molecule has 0 heterocycles. The molecule has 0 aliphatic rings. The molecule has 176 valence electrons. The van der Waals surface area contributed by atoms with Gasteiger partial charge >= 0.3 is 179 Å². The van der Waals surface area contributed by atoms with E-state index in [-0.39, 0.29) is 0 Å². The first-order valence-corrected chi connectivity index (χ1v) is 13.7. The molecule has 0 saturated heterocycles. The Morgan fingerprint density at radius 3 is 1.17 bits per heavy atom. The van der Waals surface area contributed by atoms with Crippen molar-refractivity contribution in [1.82, 2.24) is 18.7 Å². The van der Waals surface area contributed by atoms with Crippen LogP contribution in [0.2, 0.25) is 0 Å². The Kier molecular flexibility index (Phi) is 13.5. The zero-order chi connectivity index (χ0) is 22.5. The third-order valence-electron chi connectivity index (χ3n) is 5.92. The molecule has 0 bridgehead atoms. The van der Waals surface area contributed by atoms with Crippen molar-refractivity contribution in [3.05, 3.63) is 10.1 Å². The second-order valence-corrected chi connectivity index (χ2v) is 11.4. The van der Waals surface area contributed by atoms with Gasteiger partial charge in [-0.15, -0.1) is 0 Å².